The quantitative estimate of drug-likeness (QED) is 0.161. The monoisotopic (exact) mass is 724 g/mol. The van der Waals surface area contributed by atoms with Crippen molar-refractivity contribution in [2.45, 2.75) is 70.9 Å². The molecule has 0 atom stereocenters. The van der Waals surface area contributed by atoms with E-state index in [4.69, 9.17) is 28.3 Å². The van der Waals surface area contributed by atoms with Crippen LogP contribution in [0.1, 0.15) is 83.4 Å². The normalized spacial score (nSPS) is 16.0. The van der Waals surface area contributed by atoms with Crippen molar-refractivity contribution in [3.05, 3.63) is 91.9 Å². The average Bonchev–Trinajstić information content (AvgIpc) is 3.69. The number of hydrogen-bond donors (Lipinski definition) is 3. The zero-order valence-corrected chi connectivity index (χ0v) is 29.8. The lowest BCUT2D eigenvalue weighted by Gasteiger charge is -2.26. The van der Waals surface area contributed by atoms with Gasteiger partial charge in [-0.25, -0.2) is 9.69 Å². The molecule has 2 fully saturated rings. The van der Waals surface area contributed by atoms with E-state index in [0.29, 0.717) is 27.0 Å². The van der Waals surface area contributed by atoms with Gasteiger partial charge < -0.3 is 0 Å². The second-order valence-electron chi connectivity index (χ2n) is 12.2. The molecule has 2 aliphatic rings. The summed E-state index contributed by atoms with van der Waals surface area (Å²) in [6, 6.07) is 16.7. The van der Waals surface area contributed by atoms with Gasteiger partial charge in [0.15, 0.2) is 5.69 Å². The number of nitrogens with zero attached hydrogens (tertiary/aromatic N) is 3. The summed E-state index contributed by atoms with van der Waals surface area (Å²) in [6.07, 6.45) is 7.72. The van der Waals surface area contributed by atoms with E-state index >= 15 is 0 Å². The third-order valence-corrected chi connectivity index (χ3v) is 11.3. The fourth-order valence-electron chi connectivity index (χ4n) is 6.03. The number of benzene rings is 2. The number of carbonyl (C=O) groups excluding carboxylic acids is 1. The van der Waals surface area contributed by atoms with E-state index in [-0.39, 0.29) is 18.3 Å². The molecular weight excluding hydrogens is 687 g/mol. The molecular formula is C35H38Cl2N6O3S2. The highest BCUT2D eigenvalue weighted by Crippen LogP contribution is 2.37. The fourth-order valence-corrected chi connectivity index (χ4v) is 8.53. The van der Waals surface area contributed by atoms with Crippen molar-refractivity contribution in [3.63, 3.8) is 0 Å². The Morgan fingerprint density at radius 1 is 0.958 bits per heavy atom. The SMILES string of the molecule is Cc1ccc(C#Cc2ccc(-c3c(CNS(=O)(=O)NC4CCCCC4)c(C(=O)NN4CCCCC4)nn3-c3ccc(Cl)cc3Cl)s2)cc1. The van der Waals surface area contributed by atoms with Gasteiger partial charge in [-0.15, -0.1) is 11.3 Å². The first-order chi connectivity index (χ1) is 23.1. The molecule has 1 saturated heterocycles. The van der Waals surface area contributed by atoms with Crippen LogP contribution in [0.15, 0.2) is 54.6 Å². The van der Waals surface area contributed by atoms with Crippen LogP contribution in [0.3, 0.4) is 0 Å². The Kier molecular flexibility index (Phi) is 11.2. The molecule has 2 aromatic carbocycles. The first-order valence-corrected chi connectivity index (χ1v) is 19.3. The topological polar surface area (TPSA) is 108 Å². The van der Waals surface area contributed by atoms with Gasteiger partial charge in [0.2, 0.25) is 0 Å². The van der Waals surface area contributed by atoms with E-state index in [1.165, 1.54) is 11.3 Å². The molecule has 13 heteroatoms. The van der Waals surface area contributed by atoms with Crippen molar-refractivity contribution in [3.8, 4) is 28.1 Å². The smallest absolute Gasteiger partial charge is 0.283 e. The first kappa shape index (κ1) is 34.6. The number of hydrogen-bond acceptors (Lipinski definition) is 6. The van der Waals surface area contributed by atoms with Gasteiger partial charge in [-0.1, -0.05) is 78.4 Å². The summed E-state index contributed by atoms with van der Waals surface area (Å²) in [6.45, 7) is 3.31. The molecule has 9 nitrogen and oxygen atoms in total. The maximum atomic E-state index is 13.9. The minimum Gasteiger partial charge on any atom is -0.283 e. The van der Waals surface area contributed by atoms with Gasteiger partial charge in [0.25, 0.3) is 16.1 Å². The van der Waals surface area contributed by atoms with Gasteiger partial charge in [0.1, 0.15) is 0 Å². The van der Waals surface area contributed by atoms with Crippen molar-refractivity contribution in [1.82, 2.24) is 29.7 Å². The summed E-state index contributed by atoms with van der Waals surface area (Å²) < 4.78 is 33.8. The van der Waals surface area contributed by atoms with Crippen LogP contribution in [0.25, 0.3) is 16.3 Å². The molecule has 3 heterocycles. The Labute approximate surface area is 296 Å². The van der Waals surface area contributed by atoms with Gasteiger partial charge in [-0.05, 0) is 75.1 Å². The predicted molar refractivity (Wildman–Crippen MR) is 193 cm³/mol. The summed E-state index contributed by atoms with van der Waals surface area (Å²) >= 11 is 14.4. The zero-order chi connectivity index (χ0) is 33.7. The summed E-state index contributed by atoms with van der Waals surface area (Å²) in [5.74, 6) is 6.03. The third-order valence-electron chi connectivity index (χ3n) is 8.54. The number of hydrazine groups is 1. The van der Waals surface area contributed by atoms with Gasteiger partial charge in [0, 0.05) is 41.8 Å². The number of nitrogens with one attached hydrogen (secondary N) is 3. The van der Waals surface area contributed by atoms with Crippen molar-refractivity contribution in [2.24, 2.45) is 0 Å². The van der Waals surface area contributed by atoms with Gasteiger partial charge in [-0.3, -0.25) is 10.2 Å². The summed E-state index contributed by atoms with van der Waals surface area (Å²) in [7, 11) is -3.90. The van der Waals surface area contributed by atoms with Crippen molar-refractivity contribution < 1.29 is 13.2 Å². The Bertz CT molecular complexity index is 1930. The number of aromatic nitrogens is 2. The lowest BCUT2D eigenvalue weighted by Crippen LogP contribution is -2.46. The van der Waals surface area contributed by atoms with Crippen LogP contribution in [0.2, 0.25) is 10.0 Å². The molecule has 2 aromatic heterocycles. The summed E-state index contributed by atoms with van der Waals surface area (Å²) in [5, 5.41) is 7.48. The van der Waals surface area contributed by atoms with E-state index in [1.807, 2.05) is 48.3 Å². The Hall–Kier alpha value is -3.21. The van der Waals surface area contributed by atoms with Gasteiger partial charge >= 0.3 is 0 Å². The minimum atomic E-state index is -3.90. The molecule has 0 bridgehead atoms. The molecule has 1 amide bonds. The number of halogens is 2. The summed E-state index contributed by atoms with van der Waals surface area (Å²) in [5.41, 5.74) is 6.62. The molecule has 4 aromatic rings. The van der Waals surface area contributed by atoms with Crippen LogP contribution in [0.4, 0.5) is 0 Å². The van der Waals surface area contributed by atoms with Crippen molar-refractivity contribution >= 4 is 50.7 Å². The molecule has 3 N–H and O–H groups in total. The fraction of sp³-hybridized carbons (Fsp3) is 0.371. The van der Waals surface area contributed by atoms with E-state index in [1.54, 1.807) is 22.9 Å². The lowest BCUT2D eigenvalue weighted by atomic mass is 9.96. The molecule has 6 rings (SSSR count). The standard InChI is InChI=1S/C35H38Cl2N6O3S2/c1-24-10-12-25(13-11-24)14-16-28-17-19-32(47-28)34-29(23-38-48(45,46)41-27-8-4-2-5-9-27)33(35(44)40-42-20-6-3-7-21-42)39-43(34)31-18-15-26(36)22-30(31)37/h10-13,15,17-19,22,27,38,41H,2-9,20-21,23H2,1H3,(H,40,44). The summed E-state index contributed by atoms with van der Waals surface area (Å²) in [4.78, 5) is 15.5. The number of carbonyl (C=O) groups is 1. The van der Waals surface area contributed by atoms with Crippen LogP contribution >= 0.6 is 34.5 Å². The number of aryl methyl sites for hydroxylation is 1. The molecule has 1 saturated carbocycles. The number of rotatable bonds is 9. The molecule has 48 heavy (non-hydrogen) atoms. The number of piperidine rings is 1. The number of amides is 1. The maximum Gasteiger partial charge on any atom is 0.286 e. The van der Waals surface area contributed by atoms with Crippen LogP contribution in [-0.4, -0.2) is 48.2 Å². The average molecular weight is 726 g/mol. The Morgan fingerprint density at radius 2 is 1.69 bits per heavy atom. The van der Waals surface area contributed by atoms with Crippen LogP contribution in [-0.2, 0) is 16.8 Å². The Morgan fingerprint density at radius 3 is 2.42 bits per heavy atom. The molecule has 1 aliphatic heterocycles. The molecule has 1 aliphatic carbocycles. The Balaban J connectivity index is 1.42. The highest BCUT2D eigenvalue weighted by atomic mass is 35.5. The van der Waals surface area contributed by atoms with E-state index in [2.05, 4.69) is 26.7 Å². The first-order valence-electron chi connectivity index (χ1n) is 16.2. The van der Waals surface area contributed by atoms with Crippen molar-refractivity contribution in [1.29, 1.82) is 0 Å². The van der Waals surface area contributed by atoms with Gasteiger partial charge in [0.05, 0.1) is 26.2 Å². The highest BCUT2D eigenvalue weighted by molar-refractivity contribution is 7.87. The van der Waals surface area contributed by atoms with E-state index in [0.717, 1.165) is 85.3 Å². The third kappa shape index (κ3) is 8.68. The lowest BCUT2D eigenvalue weighted by molar-refractivity contribution is 0.0743. The molecule has 0 radical (unpaired) electrons. The van der Waals surface area contributed by atoms with Crippen molar-refractivity contribution in [2.75, 3.05) is 13.1 Å². The van der Waals surface area contributed by atoms with E-state index in [9.17, 15) is 13.2 Å². The largest absolute Gasteiger partial charge is 0.286 e. The number of thiophene rings is 1. The van der Waals surface area contributed by atoms with Crippen LogP contribution in [0.5, 0.6) is 0 Å². The molecule has 252 valence electrons. The highest BCUT2D eigenvalue weighted by Gasteiger charge is 2.29. The second-order valence-corrected chi connectivity index (χ2v) is 15.7. The maximum absolute atomic E-state index is 13.9. The predicted octanol–water partition coefficient (Wildman–Crippen LogP) is 7.00. The van der Waals surface area contributed by atoms with Crippen LogP contribution < -0.4 is 14.9 Å². The minimum absolute atomic E-state index is 0.0997. The van der Waals surface area contributed by atoms with Crippen LogP contribution in [0, 0.1) is 18.8 Å². The zero-order valence-electron chi connectivity index (χ0n) is 26.7. The molecule has 0 unspecified atom stereocenters. The second kappa shape index (κ2) is 15.6. The van der Waals surface area contributed by atoms with Gasteiger partial charge in [-0.2, -0.15) is 23.0 Å². The molecule has 0 spiro atoms. The van der Waals surface area contributed by atoms with E-state index < -0.39 is 16.1 Å².